The highest BCUT2D eigenvalue weighted by atomic mass is 19.4. The highest BCUT2D eigenvalue weighted by Gasteiger charge is 2.31. The first kappa shape index (κ1) is 28.9. The molecule has 42 heavy (non-hydrogen) atoms. The highest BCUT2D eigenvalue weighted by Crippen LogP contribution is 2.32. The van der Waals surface area contributed by atoms with Gasteiger partial charge in [-0.1, -0.05) is 6.07 Å². The molecule has 3 heterocycles. The Morgan fingerprint density at radius 2 is 1.88 bits per heavy atom. The van der Waals surface area contributed by atoms with Crippen LogP contribution in [0.25, 0.3) is 5.82 Å². The molecule has 4 aromatic rings. The number of imidazole rings is 1. The number of carbonyl (C=O) groups is 1. The van der Waals surface area contributed by atoms with Crippen molar-refractivity contribution in [3.63, 3.8) is 0 Å². The minimum absolute atomic E-state index is 0.108. The van der Waals surface area contributed by atoms with Crippen LogP contribution in [-0.2, 0) is 6.18 Å². The number of nitrogens with zero attached hydrogens (tertiary/aromatic N) is 6. The van der Waals surface area contributed by atoms with Gasteiger partial charge in [0.25, 0.3) is 5.91 Å². The summed E-state index contributed by atoms with van der Waals surface area (Å²) in [5.41, 5.74) is -0.0348. The Balaban J connectivity index is 1.34. The summed E-state index contributed by atoms with van der Waals surface area (Å²) in [4.78, 5) is 30.0. The van der Waals surface area contributed by atoms with Crippen molar-refractivity contribution in [2.45, 2.75) is 19.0 Å². The van der Waals surface area contributed by atoms with E-state index in [1.807, 2.05) is 6.07 Å². The fourth-order valence-corrected chi connectivity index (χ4v) is 4.75. The molecule has 5 rings (SSSR count). The predicted molar refractivity (Wildman–Crippen MR) is 154 cm³/mol. The van der Waals surface area contributed by atoms with Crippen molar-refractivity contribution in [1.29, 1.82) is 0 Å². The molecule has 220 valence electrons. The molecular weight excluding hydrogens is 549 g/mol. The average molecular weight is 581 g/mol. The number of ether oxygens (including phenoxy) is 1. The number of aromatic nitrogens is 4. The molecule has 1 amide bonds. The first-order valence-electron chi connectivity index (χ1n) is 13.4. The van der Waals surface area contributed by atoms with Gasteiger partial charge >= 0.3 is 6.18 Å². The number of anilines is 4. The van der Waals surface area contributed by atoms with Crippen molar-refractivity contribution in [1.82, 2.24) is 24.4 Å². The average Bonchev–Trinajstić information content (AvgIpc) is 3.68. The Morgan fingerprint density at radius 3 is 2.64 bits per heavy atom. The first-order chi connectivity index (χ1) is 20.2. The monoisotopic (exact) mass is 580 g/mol. The fraction of sp³-hybridized carbons (Fsp3) is 0.310. The van der Waals surface area contributed by atoms with E-state index in [4.69, 9.17) is 4.74 Å². The van der Waals surface area contributed by atoms with Gasteiger partial charge in [-0.25, -0.2) is 15.0 Å². The minimum atomic E-state index is -4.52. The quantitative estimate of drug-likeness (QED) is 0.264. The second-order valence-electron chi connectivity index (χ2n) is 9.85. The number of likely N-dealkylation sites (tertiary alicyclic amines) is 1. The summed E-state index contributed by atoms with van der Waals surface area (Å²) in [6, 6.07) is 11.2. The van der Waals surface area contributed by atoms with Gasteiger partial charge in [-0.05, 0) is 56.3 Å². The van der Waals surface area contributed by atoms with E-state index in [1.165, 1.54) is 51.5 Å². The summed E-state index contributed by atoms with van der Waals surface area (Å²) < 4.78 is 46.8. The Labute approximate surface area is 241 Å². The molecule has 2 N–H and O–H groups in total. The van der Waals surface area contributed by atoms with Gasteiger partial charge < -0.3 is 25.2 Å². The van der Waals surface area contributed by atoms with Crippen LogP contribution < -0.4 is 20.3 Å². The molecule has 1 saturated heterocycles. The van der Waals surface area contributed by atoms with Crippen LogP contribution in [-0.4, -0.2) is 70.7 Å². The van der Waals surface area contributed by atoms with Gasteiger partial charge in [0.1, 0.15) is 23.7 Å². The largest absolute Gasteiger partial charge is 0.497 e. The first-order valence-corrected chi connectivity index (χ1v) is 13.4. The molecule has 0 saturated carbocycles. The van der Waals surface area contributed by atoms with Crippen molar-refractivity contribution in [2.24, 2.45) is 0 Å². The third kappa shape index (κ3) is 6.79. The number of amides is 1. The molecule has 0 aliphatic carbocycles. The molecule has 0 atom stereocenters. The lowest BCUT2D eigenvalue weighted by Gasteiger charge is -2.20. The van der Waals surface area contributed by atoms with E-state index in [0.29, 0.717) is 29.0 Å². The molecule has 0 radical (unpaired) electrons. The summed E-state index contributed by atoms with van der Waals surface area (Å²) >= 11 is 0. The van der Waals surface area contributed by atoms with Crippen LogP contribution >= 0.6 is 0 Å². The number of rotatable bonds is 10. The Bertz CT molecular complexity index is 1540. The van der Waals surface area contributed by atoms with Crippen molar-refractivity contribution in [3.8, 4) is 11.6 Å². The zero-order valence-electron chi connectivity index (χ0n) is 23.2. The Kier molecular flexibility index (Phi) is 8.57. The van der Waals surface area contributed by atoms with Crippen LogP contribution in [0.2, 0.25) is 0 Å². The van der Waals surface area contributed by atoms with Gasteiger partial charge in [0.05, 0.1) is 12.7 Å². The van der Waals surface area contributed by atoms with Gasteiger partial charge in [-0.2, -0.15) is 13.2 Å². The zero-order valence-corrected chi connectivity index (χ0v) is 23.2. The van der Waals surface area contributed by atoms with Crippen molar-refractivity contribution in [2.75, 3.05) is 55.9 Å². The topological polar surface area (TPSA) is 100 Å². The van der Waals surface area contributed by atoms with Crippen LogP contribution in [0.3, 0.4) is 0 Å². The van der Waals surface area contributed by atoms with Gasteiger partial charge in [0.15, 0.2) is 0 Å². The standard InChI is InChI=1S/C29H31F3N8O2/c1-38(23-7-5-6-21(16-23)29(30,31)32)27(41)20-14-22(17-24(15-20)42-2)37-28-34-9-13-40(28)26-18-25(35-19-36-26)33-8-12-39-10-3-4-11-39/h5-7,9,13-19H,3-4,8,10-12H2,1-2H3,(H,34,37)(H,33,35,36). The van der Waals surface area contributed by atoms with Gasteiger partial charge in [-0.3, -0.25) is 9.36 Å². The van der Waals surface area contributed by atoms with Gasteiger partial charge in [0.2, 0.25) is 5.95 Å². The van der Waals surface area contributed by atoms with Crippen LogP contribution in [0.15, 0.2) is 67.3 Å². The number of hydrogen-bond donors (Lipinski definition) is 2. The number of carbonyl (C=O) groups excluding carboxylic acids is 1. The van der Waals surface area contributed by atoms with Gasteiger partial charge in [0, 0.05) is 61.6 Å². The molecule has 1 aliphatic rings. The SMILES string of the molecule is COc1cc(Nc2nccn2-c2cc(NCCN3CCCC3)ncn2)cc(C(=O)N(C)c2cccc(C(F)(F)F)c2)c1. The van der Waals surface area contributed by atoms with Gasteiger partial charge in [-0.15, -0.1) is 0 Å². The molecule has 13 heteroatoms. The third-order valence-electron chi connectivity index (χ3n) is 6.98. The molecule has 2 aromatic carbocycles. The second kappa shape index (κ2) is 12.5. The lowest BCUT2D eigenvalue weighted by molar-refractivity contribution is -0.137. The Morgan fingerprint density at radius 1 is 1.07 bits per heavy atom. The molecule has 0 unspecified atom stereocenters. The normalized spacial score (nSPS) is 13.6. The molecule has 1 fully saturated rings. The zero-order chi connectivity index (χ0) is 29.7. The van der Waals surface area contributed by atoms with E-state index in [1.54, 1.807) is 29.1 Å². The minimum Gasteiger partial charge on any atom is -0.497 e. The summed E-state index contributed by atoms with van der Waals surface area (Å²) in [5.74, 6) is 1.56. The van der Waals surface area contributed by atoms with E-state index >= 15 is 0 Å². The van der Waals surface area contributed by atoms with E-state index < -0.39 is 17.6 Å². The van der Waals surface area contributed by atoms with E-state index in [9.17, 15) is 18.0 Å². The number of nitrogens with one attached hydrogen (secondary N) is 2. The van der Waals surface area contributed by atoms with Crippen molar-refractivity contribution in [3.05, 3.63) is 78.4 Å². The molecule has 1 aliphatic heterocycles. The highest BCUT2D eigenvalue weighted by molar-refractivity contribution is 6.06. The maximum Gasteiger partial charge on any atom is 0.416 e. The summed E-state index contributed by atoms with van der Waals surface area (Å²) in [5, 5.41) is 6.54. The molecule has 0 spiro atoms. The van der Waals surface area contributed by atoms with E-state index in [0.717, 1.165) is 43.2 Å². The fourth-order valence-electron chi connectivity index (χ4n) is 4.75. The maximum atomic E-state index is 13.3. The molecule has 2 aromatic heterocycles. The molecular formula is C29H31F3N8O2. The van der Waals surface area contributed by atoms with Crippen LogP contribution in [0.5, 0.6) is 5.75 Å². The van der Waals surface area contributed by atoms with E-state index in [2.05, 4.69) is 30.5 Å². The maximum absolute atomic E-state index is 13.3. The lowest BCUT2D eigenvalue weighted by atomic mass is 10.1. The predicted octanol–water partition coefficient (Wildman–Crippen LogP) is 5.22. The smallest absolute Gasteiger partial charge is 0.416 e. The number of benzene rings is 2. The van der Waals surface area contributed by atoms with E-state index in [-0.39, 0.29) is 11.3 Å². The van der Waals surface area contributed by atoms with Crippen molar-refractivity contribution < 1.29 is 22.7 Å². The third-order valence-corrected chi connectivity index (χ3v) is 6.98. The van der Waals surface area contributed by atoms with Crippen LogP contribution in [0.1, 0.15) is 28.8 Å². The Hall–Kier alpha value is -4.65. The number of methoxy groups -OCH3 is 1. The number of halogens is 3. The summed E-state index contributed by atoms with van der Waals surface area (Å²) in [6.45, 7) is 3.96. The van der Waals surface area contributed by atoms with Crippen LogP contribution in [0.4, 0.5) is 36.3 Å². The van der Waals surface area contributed by atoms with Crippen LogP contribution in [0, 0.1) is 0 Å². The lowest BCUT2D eigenvalue weighted by Crippen LogP contribution is -2.26. The van der Waals surface area contributed by atoms with Crippen molar-refractivity contribution >= 4 is 29.0 Å². The summed E-state index contributed by atoms with van der Waals surface area (Å²) in [6.07, 6.45) is 2.78. The molecule has 0 bridgehead atoms. The number of alkyl halides is 3. The summed E-state index contributed by atoms with van der Waals surface area (Å²) in [7, 11) is 2.88. The number of hydrogen-bond acceptors (Lipinski definition) is 8. The second-order valence-corrected chi connectivity index (χ2v) is 9.85. The molecule has 10 nitrogen and oxygen atoms in total.